The first kappa shape index (κ1) is 18.5. The molecule has 2 N–H and O–H groups in total. The Morgan fingerprint density at radius 2 is 1.92 bits per heavy atom. The van der Waals surface area contributed by atoms with Gasteiger partial charge < -0.3 is 5.32 Å². The van der Waals surface area contributed by atoms with Gasteiger partial charge in [-0.1, -0.05) is 37.3 Å². The van der Waals surface area contributed by atoms with E-state index in [1.165, 1.54) is 16.9 Å². The van der Waals surface area contributed by atoms with Crippen molar-refractivity contribution in [3.8, 4) is 0 Å². The van der Waals surface area contributed by atoms with E-state index < -0.39 is 18.6 Å². The Morgan fingerprint density at radius 1 is 1.21 bits per heavy atom. The molecule has 7 heteroatoms. The number of aryl methyl sites for hydroxylation is 1. The molecule has 0 unspecified atom stereocenters. The number of hydrogen-bond donors (Lipinski definition) is 2. The number of amides is 1. The number of carbonyl (C=O) groups is 1. The highest BCUT2D eigenvalue weighted by molar-refractivity contribution is 7.10. The first-order valence-electron chi connectivity index (χ1n) is 7.58. The van der Waals surface area contributed by atoms with Gasteiger partial charge in [0.2, 0.25) is 5.91 Å². The number of halogens is 3. The fourth-order valence-electron chi connectivity index (χ4n) is 2.24. The molecule has 2 aromatic rings. The van der Waals surface area contributed by atoms with Gasteiger partial charge in [0, 0.05) is 4.88 Å². The van der Waals surface area contributed by atoms with Crippen molar-refractivity contribution in [1.82, 2.24) is 10.6 Å². The van der Waals surface area contributed by atoms with Crippen molar-refractivity contribution >= 4 is 17.2 Å². The van der Waals surface area contributed by atoms with Crippen LogP contribution in [0.4, 0.5) is 13.2 Å². The Kier molecular flexibility index (Phi) is 6.39. The molecule has 1 heterocycles. The van der Waals surface area contributed by atoms with Crippen molar-refractivity contribution in [2.45, 2.75) is 25.6 Å². The molecule has 0 bridgehead atoms. The molecule has 1 atom stereocenters. The van der Waals surface area contributed by atoms with Crippen LogP contribution in [0.1, 0.15) is 29.0 Å². The van der Waals surface area contributed by atoms with Gasteiger partial charge in [-0.05, 0) is 29.0 Å². The van der Waals surface area contributed by atoms with Gasteiger partial charge in [0.1, 0.15) is 6.54 Å². The number of carbonyl (C=O) groups excluding carboxylic acids is 1. The third kappa shape index (κ3) is 5.65. The molecule has 0 aliphatic heterocycles. The maximum absolute atomic E-state index is 12.1. The van der Waals surface area contributed by atoms with Crippen molar-refractivity contribution < 1.29 is 18.0 Å². The molecule has 0 saturated carbocycles. The van der Waals surface area contributed by atoms with Crippen molar-refractivity contribution in [2.24, 2.45) is 0 Å². The van der Waals surface area contributed by atoms with Gasteiger partial charge in [0.25, 0.3) is 0 Å². The summed E-state index contributed by atoms with van der Waals surface area (Å²) >= 11 is 1.53. The lowest BCUT2D eigenvalue weighted by Gasteiger charge is -2.18. The molecule has 0 saturated heterocycles. The monoisotopic (exact) mass is 356 g/mol. The lowest BCUT2D eigenvalue weighted by atomic mass is 10.0. The van der Waals surface area contributed by atoms with Crippen molar-refractivity contribution in [2.75, 3.05) is 13.1 Å². The van der Waals surface area contributed by atoms with Crippen LogP contribution in [0.3, 0.4) is 0 Å². The minimum atomic E-state index is -4.40. The molecule has 130 valence electrons. The van der Waals surface area contributed by atoms with Crippen LogP contribution in [-0.2, 0) is 11.2 Å². The van der Waals surface area contributed by atoms with E-state index in [0.29, 0.717) is 0 Å². The molecule has 0 fully saturated rings. The minimum Gasteiger partial charge on any atom is -0.346 e. The van der Waals surface area contributed by atoms with Gasteiger partial charge in [-0.15, -0.1) is 11.3 Å². The quantitative estimate of drug-likeness (QED) is 0.795. The van der Waals surface area contributed by atoms with E-state index in [-0.39, 0.29) is 12.6 Å². The number of hydrogen-bond acceptors (Lipinski definition) is 3. The summed E-state index contributed by atoms with van der Waals surface area (Å²) < 4.78 is 36.4. The van der Waals surface area contributed by atoms with Crippen LogP contribution < -0.4 is 10.6 Å². The fourth-order valence-corrected chi connectivity index (χ4v) is 3.07. The zero-order valence-corrected chi connectivity index (χ0v) is 14.0. The normalized spacial score (nSPS) is 12.8. The number of alkyl halides is 3. The molecule has 0 spiro atoms. The second kappa shape index (κ2) is 8.30. The van der Waals surface area contributed by atoms with E-state index in [4.69, 9.17) is 0 Å². The standard InChI is InChI=1S/C17H19F3N2OS/c1-2-12-5-7-13(8-6-12)16(14-4-3-9-24-14)21-10-15(23)22-11-17(18,19)20/h3-9,16,21H,2,10-11H2,1H3,(H,22,23)/t16-/m0/s1. The second-order valence-electron chi connectivity index (χ2n) is 5.32. The average molecular weight is 356 g/mol. The number of benzene rings is 1. The van der Waals surface area contributed by atoms with Crippen molar-refractivity contribution in [3.05, 3.63) is 57.8 Å². The summed E-state index contributed by atoms with van der Waals surface area (Å²) in [6.45, 7) is 0.561. The number of rotatable bonds is 7. The highest BCUT2D eigenvalue weighted by Gasteiger charge is 2.27. The third-order valence-corrected chi connectivity index (χ3v) is 4.44. The minimum absolute atomic E-state index is 0.186. The largest absolute Gasteiger partial charge is 0.405 e. The molecule has 0 aliphatic rings. The molecular weight excluding hydrogens is 337 g/mol. The van der Waals surface area contributed by atoms with Gasteiger partial charge in [0.15, 0.2) is 0 Å². The first-order valence-corrected chi connectivity index (χ1v) is 8.46. The number of nitrogens with one attached hydrogen (secondary N) is 2. The molecule has 1 aromatic carbocycles. The zero-order valence-electron chi connectivity index (χ0n) is 13.2. The van der Waals surface area contributed by atoms with E-state index in [1.807, 2.05) is 47.1 Å². The zero-order chi connectivity index (χ0) is 17.6. The predicted octanol–water partition coefficient (Wildman–Crippen LogP) is 3.67. The number of thiophene rings is 1. The van der Waals surface area contributed by atoms with Crippen molar-refractivity contribution in [3.63, 3.8) is 0 Å². The molecule has 1 amide bonds. The van der Waals surface area contributed by atoms with Gasteiger partial charge >= 0.3 is 6.18 Å². The smallest absolute Gasteiger partial charge is 0.346 e. The van der Waals surface area contributed by atoms with E-state index in [9.17, 15) is 18.0 Å². The Labute approximate surface area is 142 Å². The average Bonchev–Trinajstić information content (AvgIpc) is 3.07. The van der Waals surface area contributed by atoms with Crippen LogP contribution in [0, 0.1) is 0 Å². The Balaban J connectivity index is 2.03. The van der Waals surface area contributed by atoms with Gasteiger partial charge in [-0.2, -0.15) is 13.2 Å². The van der Waals surface area contributed by atoms with E-state index >= 15 is 0 Å². The van der Waals surface area contributed by atoms with E-state index in [2.05, 4.69) is 12.2 Å². The summed E-state index contributed by atoms with van der Waals surface area (Å²) in [5.41, 5.74) is 2.17. The lowest BCUT2D eigenvalue weighted by Crippen LogP contribution is -2.40. The first-order chi connectivity index (χ1) is 11.4. The van der Waals surface area contributed by atoms with E-state index in [1.54, 1.807) is 0 Å². The highest BCUT2D eigenvalue weighted by atomic mass is 32.1. The van der Waals surface area contributed by atoms with Crippen LogP contribution in [-0.4, -0.2) is 25.2 Å². The Bertz CT molecular complexity index is 639. The fraction of sp³-hybridized carbons (Fsp3) is 0.353. The Morgan fingerprint density at radius 3 is 2.46 bits per heavy atom. The summed E-state index contributed by atoms with van der Waals surface area (Å²) in [6.07, 6.45) is -3.48. The maximum Gasteiger partial charge on any atom is 0.405 e. The summed E-state index contributed by atoms with van der Waals surface area (Å²) in [6, 6.07) is 11.6. The summed E-state index contributed by atoms with van der Waals surface area (Å²) in [7, 11) is 0. The van der Waals surface area contributed by atoms with Crippen LogP contribution in [0.25, 0.3) is 0 Å². The molecule has 24 heavy (non-hydrogen) atoms. The summed E-state index contributed by atoms with van der Waals surface area (Å²) in [5.74, 6) is -0.681. The maximum atomic E-state index is 12.1. The molecular formula is C17H19F3N2OS. The molecule has 0 aliphatic carbocycles. The lowest BCUT2D eigenvalue weighted by molar-refractivity contribution is -0.137. The van der Waals surface area contributed by atoms with Crippen LogP contribution in [0.2, 0.25) is 0 Å². The molecule has 0 radical (unpaired) electrons. The van der Waals surface area contributed by atoms with Crippen molar-refractivity contribution in [1.29, 1.82) is 0 Å². The molecule has 2 rings (SSSR count). The summed E-state index contributed by atoms with van der Waals surface area (Å²) in [4.78, 5) is 12.6. The van der Waals surface area contributed by atoms with Gasteiger partial charge in [0.05, 0.1) is 12.6 Å². The highest BCUT2D eigenvalue weighted by Crippen LogP contribution is 2.26. The predicted molar refractivity (Wildman–Crippen MR) is 89.0 cm³/mol. The van der Waals surface area contributed by atoms with E-state index in [0.717, 1.165) is 16.9 Å². The van der Waals surface area contributed by atoms with Gasteiger partial charge in [-0.3, -0.25) is 10.1 Å². The van der Waals surface area contributed by atoms with Crippen LogP contribution in [0.15, 0.2) is 41.8 Å². The third-order valence-electron chi connectivity index (χ3n) is 3.50. The summed E-state index contributed by atoms with van der Waals surface area (Å²) in [5, 5.41) is 6.84. The molecule has 3 nitrogen and oxygen atoms in total. The second-order valence-corrected chi connectivity index (χ2v) is 6.30. The molecule has 1 aromatic heterocycles. The SMILES string of the molecule is CCc1ccc([C@H](NCC(=O)NCC(F)(F)F)c2cccs2)cc1. The van der Waals surface area contributed by atoms with Gasteiger partial charge in [-0.25, -0.2) is 0 Å². The van der Waals surface area contributed by atoms with Crippen LogP contribution >= 0.6 is 11.3 Å². The van der Waals surface area contributed by atoms with Crippen LogP contribution in [0.5, 0.6) is 0 Å². The topological polar surface area (TPSA) is 41.1 Å². The Hall–Kier alpha value is -1.86.